The van der Waals surface area contributed by atoms with Crippen LogP contribution >= 0.6 is 11.6 Å². The van der Waals surface area contributed by atoms with Gasteiger partial charge in [-0.2, -0.15) is 5.10 Å². The number of alkyl halides is 1. The van der Waals surface area contributed by atoms with E-state index in [1.807, 2.05) is 4.68 Å². The summed E-state index contributed by atoms with van der Waals surface area (Å²) in [7, 11) is 0. The van der Waals surface area contributed by atoms with Crippen molar-refractivity contribution in [2.45, 2.75) is 45.0 Å². The van der Waals surface area contributed by atoms with E-state index in [1.54, 1.807) is 6.20 Å². The fourth-order valence-electron chi connectivity index (χ4n) is 1.49. The Balaban J connectivity index is 2.47. The summed E-state index contributed by atoms with van der Waals surface area (Å²) < 4.78 is 1.82. The van der Waals surface area contributed by atoms with E-state index >= 15 is 0 Å². The summed E-state index contributed by atoms with van der Waals surface area (Å²) in [6, 6.07) is 0. The smallest absolute Gasteiger partial charge is 0.153 e. The monoisotopic (exact) mass is 228 g/mol. The molecular formula is C11H17ClN2O. The van der Waals surface area contributed by atoms with Crippen molar-refractivity contribution in [3.8, 4) is 0 Å². The third-order valence-corrected chi connectivity index (χ3v) is 2.62. The molecule has 1 heterocycles. The Kier molecular flexibility index (Phi) is 5.40. The molecule has 0 N–H and O–H groups in total. The van der Waals surface area contributed by atoms with Crippen molar-refractivity contribution in [1.29, 1.82) is 0 Å². The highest BCUT2D eigenvalue weighted by Crippen LogP contribution is 2.09. The van der Waals surface area contributed by atoms with Gasteiger partial charge in [-0.05, 0) is 6.42 Å². The largest absolute Gasteiger partial charge is 0.298 e. The Bertz CT molecular complexity index is 310. The number of carbonyl (C=O) groups excluding carboxylic acids is 1. The zero-order valence-corrected chi connectivity index (χ0v) is 9.83. The van der Waals surface area contributed by atoms with E-state index in [9.17, 15) is 4.79 Å². The third kappa shape index (κ3) is 3.67. The van der Waals surface area contributed by atoms with Crippen LogP contribution in [-0.2, 0) is 12.4 Å². The number of aldehydes is 1. The van der Waals surface area contributed by atoms with E-state index in [0.717, 1.165) is 19.3 Å². The Morgan fingerprint density at radius 3 is 2.80 bits per heavy atom. The molecule has 0 saturated heterocycles. The number of nitrogens with zero attached hydrogens (tertiary/aromatic N) is 2. The molecular weight excluding hydrogens is 212 g/mol. The summed E-state index contributed by atoms with van der Waals surface area (Å²) in [6.07, 6.45) is 7.39. The van der Waals surface area contributed by atoms with Crippen LogP contribution in [0.25, 0.3) is 0 Å². The summed E-state index contributed by atoms with van der Waals surface area (Å²) in [5, 5.41) is 4.25. The Morgan fingerprint density at radius 2 is 2.27 bits per heavy atom. The van der Waals surface area contributed by atoms with Gasteiger partial charge in [0, 0.05) is 12.7 Å². The van der Waals surface area contributed by atoms with Gasteiger partial charge in [0.1, 0.15) is 0 Å². The molecule has 3 nitrogen and oxygen atoms in total. The molecule has 1 aromatic heterocycles. The van der Waals surface area contributed by atoms with E-state index < -0.39 is 0 Å². The molecule has 0 aliphatic rings. The predicted molar refractivity (Wildman–Crippen MR) is 61.3 cm³/mol. The Labute approximate surface area is 95.4 Å². The second-order valence-corrected chi connectivity index (χ2v) is 3.87. The van der Waals surface area contributed by atoms with Crippen molar-refractivity contribution in [2.24, 2.45) is 0 Å². The SMILES string of the molecule is CCCCCCn1cc(C=O)c(CCl)n1. The van der Waals surface area contributed by atoms with Gasteiger partial charge in [0.05, 0.1) is 17.1 Å². The molecule has 4 heteroatoms. The van der Waals surface area contributed by atoms with Crippen molar-refractivity contribution in [3.63, 3.8) is 0 Å². The molecule has 1 rings (SSSR count). The van der Waals surface area contributed by atoms with Gasteiger partial charge in [-0.15, -0.1) is 11.6 Å². The predicted octanol–water partition coefficient (Wildman–Crippen LogP) is 3.01. The molecule has 0 amide bonds. The first-order chi connectivity index (χ1) is 7.31. The van der Waals surface area contributed by atoms with E-state index in [-0.39, 0.29) is 0 Å². The number of halogens is 1. The summed E-state index contributed by atoms with van der Waals surface area (Å²) in [4.78, 5) is 10.7. The molecule has 0 bridgehead atoms. The highest BCUT2D eigenvalue weighted by atomic mass is 35.5. The fraction of sp³-hybridized carbons (Fsp3) is 0.636. The quantitative estimate of drug-likeness (QED) is 0.409. The van der Waals surface area contributed by atoms with Crippen molar-refractivity contribution in [2.75, 3.05) is 0 Å². The number of aromatic nitrogens is 2. The number of hydrogen-bond donors (Lipinski definition) is 0. The standard InChI is InChI=1S/C11H17ClN2O/c1-2-3-4-5-6-14-8-10(9-15)11(7-12)13-14/h8-9H,2-7H2,1H3. The van der Waals surface area contributed by atoms with Gasteiger partial charge in [0.15, 0.2) is 6.29 Å². The molecule has 0 saturated carbocycles. The van der Waals surface area contributed by atoms with E-state index in [4.69, 9.17) is 11.6 Å². The van der Waals surface area contributed by atoms with Gasteiger partial charge in [0.25, 0.3) is 0 Å². The Hall–Kier alpha value is -0.830. The minimum absolute atomic E-state index is 0.302. The lowest BCUT2D eigenvalue weighted by Gasteiger charge is -1.99. The average molecular weight is 229 g/mol. The molecule has 0 spiro atoms. The van der Waals surface area contributed by atoms with Crippen molar-refractivity contribution < 1.29 is 4.79 Å². The van der Waals surface area contributed by atoms with Gasteiger partial charge >= 0.3 is 0 Å². The average Bonchev–Trinajstić information content (AvgIpc) is 2.67. The fourth-order valence-corrected chi connectivity index (χ4v) is 1.70. The van der Waals surface area contributed by atoms with Crippen LogP contribution < -0.4 is 0 Å². The minimum atomic E-state index is 0.302. The van der Waals surface area contributed by atoms with Crippen molar-refractivity contribution in [1.82, 2.24) is 9.78 Å². The van der Waals surface area contributed by atoms with E-state index in [0.29, 0.717) is 17.1 Å². The molecule has 1 aromatic rings. The number of hydrogen-bond acceptors (Lipinski definition) is 2. The van der Waals surface area contributed by atoms with Crippen LogP contribution in [0, 0.1) is 0 Å². The molecule has 0 unspecified atom stereocenters. The maximum Gasteiger partial charge on any atom is 0.153 e. The molecule has 0 aliphatic heterocycles. The molecule has 84 valence electrons. The maximum atomic E-state index is 10.7. The highest BCUT2D eigenvalue weighted by Gasteiger charge is 2.06. The van der Waals surface area contributed by atoms with Crippen LogP contribution in [0.4, 0.5) is 0 Å². The summed E-state index contributed by atoms with van der Waals surface area (Å²) in [5.41, 5.74) is 1.29. The minimum Gasteiger partial charge on any atom is -0.298 e. The van der Waals surface area contributed by atoms with Crippen molar-refractivity contribution in [3.05, 3.63) is 17.5 Å². The van der Waals surface area contributed by atoms with Crippen LogP contribution in [0.1, 0.15) is 48.7 Å². The lowest BCUT2D eigenvalue weighted by Crippen LogP contribution is -1.99. The first-order valence-corrected chi connectivity index (χ1v) is 5.92. The van der Waals surface area contributed by atoms with Gasteiger partial charge in [-0.1, -0.05) is 26.2 Å². The summed E-state index contributed by atoms with van der Waals surface area (Å²) >= 11 is 5.67. The normalized spacial score (nSPS) is 10.5. The zero-order valence-electron chi connectivity index (χ0n) is 9.08. The van der Waals surface area contributed by atoms with Gasteiger partial charge in [-0.25, -0.2) is 0 Å². The van der Waals surface area contributed by atoms with Gasteiger partial charge < -0.3 is 0 Å². The van der Waals surface area contributed by atoms with Crippen molar-refractivity contribution >= 4 is 17.9 Å². The van der Waals surface area contributed by atoms with Gasteiger partial charge in [-0.3, -0.25) is 9.48 Å². The first kappa shape index (κ1) is 12.2. The Morgan fingerprint density at radius 1 is 1.47 bits per heavy atom. The van der Waals surface area contributed by atoms with Crippen LogP contribution in [-0.4, -0.2) is 16.1 Å². The van der Waals surface area contributed by atoms with Crippen LogP contribution in [0.3, 0.4) is 0 Å². The number of unbranched alkanes of at least 4 members (excludes halogenated alkanes) is 3. The topological polar surface area (TPSA) is 34.9 Å². The first-order valence-electron chi connectivity index (χ1n) is 5.39. The second-order valence-electron chi connectivity index (χ2n) is 3.61. The maximum absolute atomic E-state index is 10.7. The molecule has 0 aliphatic carbocycles. The summed E-state index contributed by atoms with van der Waals surface area (Å²) in [6.45, 7) is 3.06. The molecule has 0 radical (unpaired) electrons. The zero-order chi connectivity index (χ0) is 11.1. The molecule has 15 heavy (non-hydrogen) atoms. The van der Waals surface area contributed by atoms with Crippen LogP contribution in [0.15, 0.2) is 6.20 Å². The number of aryl methyl sites for hydroxylation is 1. The van der Waals surface area contributed by atoms with Gasteiger partial charge in [0.2, 0.25) is 0 Å². The van der Waals surface area contributed by atoms with Crippen LogP contribution in [0.2, 0.25) is 0 Å². The number of rotatable bonds is 7. The summed E-state index contributed by atoms with van der Waals surface area (Å²) in [5.74, 6) is 0.302. The number of carbonyl (C=O) groups is 1. The van der Waals surface area contributed by atoms with E-state index in [1.165, 1.54) is 19.3 Å². The molecule has 0 fully saturated rings. The lowest BCUT2D eigenvalue weighted by atomic mass is 10.2. The molecule has 0 aromatic carbocycles. The highest BCUT2D eigenvalue weighted by molar-refractivity contribution is 6.17. The third-order valence-electron chi connectivity index (χ3n) is 2.36. The van der Waals surface area contributed by atoms with E-state index in [2.05, 4.69) is 12.0 Å². The second kappa shape index (κ2) is 6.62. The lowest BCUT2D eigenvalue weighted by molar-refractivity contribution is 0.112. The molecule has 0 atom stereocenters. The van der Waals surface area contributed by atoms with Crippen LogP contribution in [0.5, 0.6) is 0 Å².